The number of nitrogens with one attached hydrogen (secondary N) is 2. The summed E-state index contributed by atoms with van der Waals surface area (Å²) in [5.41, 5.74) is 2.62. The van der Waals surface area contributed by atoms with Crippen molar-refractivity contribution in [2.24, 2.45) is 5.92 Å². The van der Waals surface area contributed by atoms with Crippen molar-refractivity contribution in [2.75, 3.05) is 25.0 Å². The van der Waals surface area contributed by atoms with E-state index in [2.05, 4.69) is 55.3 Å². The molecule has 0 unspecified atom stereocenters. The number of carbonyl (C=O) groups is 1. The van der Waals surface area contributed by atoms with Crippen molar-refractivity contribution in [1.29, 1.82) is 0 Å². The van der Waals surface area contributed by atoms with Gasteiger partial charge < -0.3 is 10.6 Å². The molecule has 6 heteroatoms. The summed E-state index contributed by atoms with van der Waals surface area (Å²) in [6, 6.07) is 0.119. The van der Waals surface area contributed by atoms with Gasteiger partial charge in [0.15, 0.2) is 0 Å². The second kappa shape index (κ2) is 8.42. The van der Waals surface area contributed by atoms with Crippen LogP contribution in [0.1, 0.15) is 71.3 Å². The molecule has 0 spiro atoms. The van der Waals surface area contributed by atoms with Crippen LogP contribution in [0, 0.1) is 19.8 Å². The molecule has 1 atom stereocenters. The number of likely N-dealkylation sites (tertiary alicyclic amines) is 1. The smallest absolute Gasteiger partial charge is 0.319 e. The highest BCUT2D eigenvalue weighted by molar-refractivity contribution is 5.90. The first-order chi connectivity index (χ1) is 12.2. The Balaban J connectivity index is 1.94. The Kier molecular flexibility index (Phi) is 6.72. The van der Waals surface area contributed by atoms with Gasteiger partial charge in [0.25, 0.3) is 0 Å². The predicted octanol–water partition coefficient (Wildman–Crippen LogP) is 4.10. The average molecular weight is 364 g/mol. The molecule has 1 aliphatic rings. The minimum absolute atomic E-state index is 0.0443. The molecule has 0 bridgehead atoms. The largest absolute Gasteiger partial charge is 0.336 e. The SMILES string of the molecule is CC[C@H]1CCCN(C(C)(C)CNC(=O)Nc2c(C)nn(C(C)C)c2C)C1. The Labute approximate surface area is 158 Å². The van der Waals surface area contributed by atoms with Gasteiger partial charge in [-0.15, -0.1) is 0 Å². The predicted molar refractivity (Wildman–Crippen MR) is 108 cm³/mol. The number of rotatable bonds is 6. The fourth-order valence-electron chi connectivity index (χ4n) is 3.86. The van der Waals surface area contributed by atoms with E-state index in [1.165, 1.54) is 19.3 Å². The number of hydrogen-bond donors (Lipinski definition) is 2. The normalized spacial score (nSPS) is 19.0. The Morgan fingerprint density at radius 1 is 1.35 bits per heavy atom. The molecule has 2 rings (SSSR count). The molecule has 0 radical (unpaired) electrons. The molecule has 26 heavy (non-hydrogen) atoms. The zero-order chi connectivity index (χ0) is 19.5. The maximum absolute atomic E-state index is 12.5. The van der Waals surface area contributed by atoms with Gasteiger partial charge in [-0.05, 0) is 66.8 Å². The van der Waals surface area contributed by atoms with Gasteiger partial charge in [0.1, 0.15) is 0 Å². The van der Waals surface area contributed by atoms with Crippen LogP contribution in [0.2, 0.25) is 0 Å². The van der Waals surface area contributed by atoms with Crippen LogP contribution in [0.25, 0.3) is 0 Å². The molecular weight excluding hydrogens is 326 g/mol. The zero-order valence-corrected chi connectivity index (χ0v) is 17.6. The summed E-state index contributed by atoms with van der Waals surface area (Å²) in [4.78, 5) is 15.0. The summed E-state index contributed by atoms with van der Waals surface area (Å²) in [5, 5.41) is 10.6. The molecule has 6 nitrogen and oxygen atoms in total. The van der Waals surface area contributed by atoms with E-state index < -0.39 is 0 Å². The molecule has 148 valence electrons. The highest BCUT2D eigenvalue weighted by atomic mass is 16.2. The highest BCUT2D eigenvalue weighted by Gasteiger charge is 2.31. The van der Waals surface area contributed by atoms with E-state index in [4.69, 9.17) is 0 Å². The van der Waals surface area contributed by atoms with E-state index in [1.807, 2.05) is 18.5 Å². The Morgan fingerprint density at radius 3 is 2.62 bits per heavy atom. The highest BCUT2D eigenvalue weighted by Crippen LogP contribution is 2.26. The molecular formula is C20H37N5O. The molecule has 0 aliphatic carbocycles. The van der Waals surface area contributed by atoms with Gasteiger partial charge in [-0.1, -0.05) is 13.3 Å². The van der Waals surface area contributed by atoms with E-state index in [-0.39, 0.29) is 17.6 Å². The van der Waals surface area contributed by atoms with Crippen LogP contribution in [0.15, 0.2) is 0 Å². The monoisotopic (exact) mass is 363 g/mol. The number of aryl methyl sites for hydroxylation is 1. The molecule has 1 aromatic rings. The van der Waals surface area contributed by atoms with Gasteiger partial charge in [-0.3, -0.25) is 9.58 Å². The number of carbonyl (C=O) groups excluding carboxylic acids is 1. The Bertz CT molecular complexity index is 620. The molecule has 0 aromatic carbocycles. The summed E-state index contributed by atoms with van der Waals surface area (Å²) in [6.45, 7) is 17.7. The third-order valence-corrected chi connectivity index (χ3v) is 5.69. The molecule has 2 heterocycles. The van der Waals surface area contributed by atoms with Crippen molar-refractivity contribution in [3.8, 4) is 0 Å². The van der Waals surface area contributed by atoms with Gasteiger partial charge in [-0.2, -0.15) is 5.10 Å². The number of nitrogens with zero attached hydrogens (tertiary/aromatic N) is 3. The first-order valence-corrected chi connectivity index (χ1v) is 10.0. The van der Waals surface area contributed by atoms with E-state index in [1.54, 1.807) is 0 Å². The summed E-state index contributed by atoms with van der Waals surface area (Å²) < 4.78 is 1.95. The molecule has 1 fully saturated rings. The van der Waals surface area contributed by atoms with Crippen molar-refractivity contribution in [3.05, 3.63) is 11.4 Å². The van der Waals surface area contributed by atoms with Crippen LogP contribution in [0.3, 0.4) is 0 Å². The van der Waals surface area contributed by atoms with E-state index in [9.17, 15) is 4.79 Å². The number of aromatic nitrogens is 2. The summed E-state index contributed by atoms with van der Waals surface area (Å²) in [7, 11) is 0. The van der Waals surface area contributed by atoms with Crippen molar-refractivity contribution >= 4 is 11.7 Å². The van der Waals surface area contributed by atoms with Gasteiger partial charge in [0, 0.05) is 24.7 Å². The molecule has 2 amide bonds. The zero-order valence-electron chi connectivity index (χ0n) is 17.6. The first kappa shape index (κ1) is 20.7. The summed E-state index contributed by atoms with van der Waals surface area (Å²) in [6.07, 6.45) is 3.81. The number of hydrogen-bond acceptors (Lipinski definition) is 3. The molecule has 0 saturated carbocycles. The second-order valence-corrected chi connectivity index (χ2v) is 8.57. The van der Waals surface area contributed by atoms with Crippen LogP contribution >= 0.6 is 0 Å². The van der Waals surface area contributed by atoms with Gasteiger partial charge >= 0.3 is 6.03 Å². The minimum atomic E-state index is -0.156. The lowest BCUT2D eigenvalue weighted by Gasteiger charge is -2.43. The maximum atomic E-state index is 12.5. The Morgan fingerprint density at radius 2 is 2.04 bits per heavy atom. The quantitative estimate of drug-likeness (QED) is 0.800. The van der Waals surface area contributed by atoms with Crippen molar-refractivity contribution in [3.63, 3.8) is 0 Å². The fraction of sp³-hybridized carbons (Fsp3) is 0.800. The lowest BCUT2D eigenvalue weighted by atomic mass is 9.91. The molecule has 2 N–H and O–H groups in total. The number of piperidine rings is 1. The molecule has 1 aliphatic heterocycles. The van der Waals surface area contributed by atoms with Crippen LogP contribution in [0.4, 0.5) is 10.5 Å². The molecule has 1 aromatic heterocycles. The lowest BCUT2D eigenvalue weighted by molar-refractivity contribution is 0.0669. The molecule has 1 saturated heterocycles. The standard InChI is InChI=1S/C20H37N5O/c1-8-17-10-9-11-24(12-17)20(6,7)13-21-19(26)22-18-15(4)23-25(14(2)3)16(18)5/h14,17H,8-13H2,1-7H3,(H2,21,22,26)/t17-/m0/s1. The van der Waals surface area contributed by atoms with Gasteiger partial charge in [0.05, 0.1) is 17.1 Å². The van der Waals surface area contributed by atoms with Crippen molar-refractivity contribution < 1.29 is 4.79 Å². The lowest BCUT2D eigenvalue weighted by Crippen LogP contribution is -2.55. The summed E-state index contributed by atoms with van der Waals surface area (Å²) >= 11 is 0. The Hall–Kier alpha value is -1.56. The number of urea groups is 1. The third-order valence-electron chi connectivity index (χ3n) is 5.69. The van der Waals surface area contributed by atoms with Crippen LogP contribution < -0.4 is 10.6 Å². The van der Waals surface area contributed by atoms with Crippen LogP contribution in [-0.4, -0.2) is 45.9 Å². The van der Waals surface area contributed by atoms with E-state index in [0.29, 0.717) is 6.54 Å². The second-order valence-electron chi connectivity index (χ2n) is 8.57. The number of anilines is 1. The fourth-order valence-corrected chi connectivity index (χ4v) is 3.86. The first-order valence-electron chi connectivity index (χ1n) is 10.0. The maximum Gasteiger partial charge on any atom is 0.319 e. The van der Waals surface area contributed by atoms with Crippen molar-refractivity contribution in [1.82, 2.24) is 20.0 Å². The van der Waals surface area contributed by atoms with Crippen LogP contribution in [0.5, 0.6) is 0 Å². The van der Waals surface area contributed by atoms with Crippen LogP contribution in [-0.2, 0) is 0 Å². The minimum Gasteiger partial charge on any atom is -0.336 e. The van der Waals surface area contributed by atoms with Gasteiger partial charge in [0.2, 0.25) is 0 Å². The van der Waals surface area contributed by atoms with Crippen molar-refractivity contribution in [2.45, 2.75) is 79.3 Å². The third kappa shape index (κ3) is 4.78. The van der Waals surface area contributed by atoms with Gasteiger partial charge in [-0.25, -0.2) is 4.79 Å². The number of amides is 2. The van der Waals surface area contributed by atoms with E-state index in [0.717, 1.165) is 36.1 Å². The summed E-state index contributed by atoms with van der Waals surface area (Å²) in [5.74, 6) is 0.782. The topological polar surface area (TPSA) is 62.2 Å². The van der Waals surface area contributed by atoms with E-state index >= 15 is 0 Å². The average Bonchev–Trinajstić information content (AvgIpc) is 2.88.